The number of rotatable bonds is 3. The van der Waals surface area contributed by atoms with Gasteiger partial charge in [-0.3, -0.25) is 4.79 Å². The predicted octanol–water partition coefficient (Wildman–Crippen LogP) is 0.339. The number of anilines is 1. The second-order valence-electron chi connectivity index (χ2n) is 2.69. The SMILES string of the molecule is O=C(O)C=CC(=O)Nc1ccc([O-])cc1. The van der Waals surface area contributed by atoms with E-state index in [0.29, 0.717) is 5.69 Å². The second kappa shape index (κ2) is 4.80. The minimum atomic E-state index is -1.19. The Kier molecular flexibility index (Phi) is 3.45. The molecule has 78 valence electrons. The summed E-state index contributed by atoms with van der Waals surface area (Å²) in [5, 5.41) is 21.4. The third-order valence-corrected chi connectivity index (χ3v) is 1.50. The fourth-order valence-electron chi connectivity index (χ4n) is 0.869. The van der Waals surface area contributed by atoms with Crippen LogP contribution in [0.4, 0.5) is 5.69 Å². The normalized spacial score (nSPS) is 10.1. The van der Waals surface area contributed by atoms with Crippen molar-refractivity contribution in [3.8, 4) is 5.75 Å². The van der Waals surface area contributed by atoms with Crippen LogP contribution in [0.5, 0.6) is 5.75 Å². The third kappa shape index (κ3) is 3.95. The topological polar surface area (TPSA) is 89.5 Å². The van der Waals surface area contributed by atoms with Crippen molar-refractivity contribution in [2.75, 3.05) is 5.32 Å². The van der Waals surface area contributed by atoms with Crippen LogP contribution in [-0.2, 0) is 9.59 Å². The van der Waals surface area contributed by atoms with Gasteiger partial charge in [-0.05, 0) is 12.1 Å². The molecule has 0 heterocycles. The first kappa shape index (κ1) is 10.8. The fraction of sp³-hybridized carbons (Fsp3) is 0. The van der Waals surface area contributed by atoms with Gasteiger partial charge >= 0.3 is 5.97 Å². The predicted molar refractivity (Wildman–Crippen MR) is 51.3 cm³/mol. The summed E-state index contributed by atoms with van der Waals surface area (Å²) in [5.74, 6) is -1.91. The number of benzene rings is 1. The highest BCUT2D eigenvalue weighted by Gasteiger charge is 1.97. The molecule has 0 unspecified atom stereocenters. The molecule has 0 spiro atoms. The Morgan fingerprint density at radius 2 is 1.80 bits per heavy atom. The number of carbonyl (C=O) groups excluding carboxylic acids is 1. The van der Waals surface area contributed by atoms with Gasteiger partial charge in [-0.1, -0.05) is 12.1 Å². The second-order valence-corrected chi connectivity index (χ2v) is 2.69. The van der Waals surface area contributed by atoms with E-state index in [0.717, 1.165) is 12.2 Å². The van der Waals surface area contributed by atoms with Gasteiger partial charge < -0.3 is 15.5 Å². The van der Waals surface area contributed by atoms with Gasteiger partial charge in [-0.15, -0.1) is 5.75 Å². The summed E-state index contributed by atoms with van der Waals surface area (Å²) < 4.78 is 0. The molecule has 0 aliphatic rings. The molecule has 0 aliphatic carbocycles. The number of aliphatic carboxylic acids is 1. The quantitative estimate of drug-likeness (QED) is 0.698. The van der Waals surface area contributed by atoms with Gasteiger partial charge in [-0.2, -0.15) is 0 Å². The summed E-state index contributed by atoms with van der Waals surface area (Å²) in [7, 11) is 0. The summed E-state index contributed by atoms with van der Waals surface area (Å²) in [6.07, 6.45) is 1.63. The fourth-order valence-corrected chi connectivity index (χ4v) is 0.869. The maximum absolute atomic E-state index is 11.1. The van der Waals surface area contributed by atoms with Crippen molar-refractivity contribution in [3.63, 3.8) is 0 Å². The first-order valence-corrected chi connectivity index (χ1v) is 4.07. The Labute approximate surface area is 85.7 Å². The summed E-state index contributed by atoms with van der Waals surface area (Å²) in [5.41, 5.74) is 0.439. The maximum Gasteiger partial charge on any atom is 0.328 e. The standard InChI is InChI=1S/C10H9NO4/c12-8-3-1-7(2-4-8)11-9(13)5-6-10(14)15/h1-6,12H,(H,11,13)(H,14,15)/p-1. The number of nitrogens with one attached hydrogen (secondary N) is 1. The van der Waals surface area contributed by atoms with Gasteiger partial charge in [0.15, 0.2) is 0 Å². The summed E-state index contributed by atoms with van der Waals surface area (Å²) >= 11 is 0. The Morgan fingerprint density at radius 1 is 1.20 bits per heavy atom. The number of carboxylic acids is 1. The van der Waals surface area contributed by atoms with Gasteiger partial charge in [0.05, 0.1) is 0 Å². The molecule has 0 bridgehead atoms. The van der Waals surface area contributed by atoms with E-state index in [1.807, 2.05) is 0 Å². The Morgan fingerprint density at radius 3 is 2.33 bits per heavy atom. The van der Waals surface area contributed by atoms with E-state index >= 15 is 0 Å². The van der Waals surface area contributed by atoms with Crippen molar-refractivity contribution in [2.45, 2.75) is 0 Å². The average molecular weight is 206 g/mol. The van der Waals surface area contributed by atoms with Crippen LogP contribution in [0.1, 0.15) is 0 Å². The van der Waals surface area contributed by atoms with Crippen molar-refractivity contribution < 1.29 is 19.8 Å². The highest BCUT2D eigenvalue weighted by atomic mass is 16.4. The van der Waals surface area contributed by atoms with Crippen LogP contribution < -0.4 is 10.4 Å². The van der Waals surface area contributed by atoms with E-state index in [1.165, 1.54) is 24.3 Å². The molecule has 15 heavy (non-hydrogen) atoms. The van der Waals surface area contributed by atoms with Gasteiger partial charge in [0.1, 0.15) is 0 Å². The lowest BCUT2D eigenvalue weighted by atomic mass is 10.3. The first-order valence-electron chi connectivity index (χ1n) is 4.07. The Bertz CT molecular complexity index is 394. The molecule has 1 aromatic rings. The smallest absolute Gasteiger partial charge is 0.328 e. The molecular formula is C10H8NO4-. The van der Waals surface area contributed by atoms with Gasteiger partial charge in [-0.25, -0.2) is 4.79 Å². The summed E-state index contributed by atoms with van der Waals surface area (Å²) in [6.45, 7) is 0. The molecular weight excluding hydrogens is 198 g/mol. The van der Waals surface area contributed by atoms with Crippen LogP contribution in [0.25, 0.3) is 0 Å². The lowest BCUT2D eigenvalue weighted by Crippen LogP contribution is -2.08. The highest BCUT2D eigenvalue weighted by molar-refractivity contribution is 6.02. The number of hydrogen-bond acceptors (Lipinski definition) is 3. The van der Waals surface area contributed by atoms with Gasteiger partial charge in [0.2, 0.25) is 5.91 Å². The third-order valence-electron chi connectivity index (χ3n) is 1.50. The van der Waals surface area contributed by atoms with E-state index in [1.54, 1.807) is 0 Å². The molecule has 0 atom stereocenters. The zero-order chi connectivity index (χ0) is 11.3. The van der Waals surface area contributed by atoms with Crippen LogP contribution in [0, 0.1) is 0 Å². The van der Waals surface area contributed by atoms with Crippen molar-refractivity contribution >= 4 is 17.6 Å². The van der Waals surface area contributed by atoms with Crippen LogP contribution in [0.3, 0.4) is 0 Å². The van der Waals surface area contributed by atoms with E-state index in [2.05, 4.69) is 5.32 Å². The van der Waals surface area contributed by atoms with E-state index in [-0.39, 0.29) is 5.75 Å². The maximum atomic E-state index is 11.1. The molecule has 0 radical (unpaired) electrons. The van der Waals surface area contributed by atoms with Gasteiger partial charge in [0.25, 0.3) is 0 Å². The van der Waals surface area contributed by atoms with Crippen molar-refractivity contribution in [2.24, 2.45) is 0 Å². The highest BCUT2D eigenvalue weighted by Crippen LogP contribution is 2.11. The Hall–Kier alpha value is -2.30. The molecule has 1 aromatic carbocycles. The van der Waals surface area contributed by atoms with E-state index < -0.39 is 11.9 Å². The van der Waals surface area contributed by atoms with E-state index in [9.17, 15) is 14.7 Å². The van der Waals surface area contributed by atoms with Crippen LogP contribution in [0.15, 0.2) is 36.4 Å². The molecule has 1 amide bonds. The van der Waals surface area contributed by atoms with Crippen LogP contribution in [-0.4, -0.2) is 17.0 Å². The van der Waals surface area contributed by atoms with Crippen LogP contribution >= 0.6 is 0 Å². The van der Waals surface area contributed by atoms with Crippen molar-refractivity contribution in [1.29, 1.82) is 0 Å². The molecule has 2 N–H and O–H groups in total. The molecule has 0 fully saturated rings. The number of hydrogen-bond donors (Lipinski definition) is 2. The van der Waals surface area contributed by atoms with Crippen LogP contribution in [0.2, 0.25) is 0 Å². The minimum absolute atomic E-state index is 0.158. The molecule has 0 aromatic heterocycles. The van der Waals surface area contributed by atoms with Crippen molar-refractivity contribution in [3.05, 3.63) is 36.4 Å². The van der Waals surface area contributed by atoms with Gasteiger partial charge in [0, 0.05) is 17.8 Å². The largest absolute Gasteiger partial charge is 0.872 e. The zero-order valence-corrected chi connectivity index (χ0v) is 7.64. The summed E-state index contributed by atoms with van der Waals surface area (Å²) in [4.78, 5) is 21.2. The van der Waals surface area contributed by atoms with Crippen molar-refractivity contribution in [1.82, 2.24) is 0 Å². The molecule has 0 aliphatic heterocycles. The summed E-state index contributed by atoms with van der Waals surface area (Å²) in [6, 6.07) is 5.48. The average Bonchev–Trinajstić information content (AvgIpc) is 2.19. The lowest BCUT2D eigenvalue weighted by molar-refractivity contribution is -0.268. The minimum Gasteiger partial charge on any atom is -0.872 e. The number of amides is 1. The Balaban J connectivity index is 2.59. The van der Waals surface area contributed by atoms with E-state index in [4.69, 9.17) is 5.11 Å². The molecule has 0 saturated carbocycles. The lowest BCUT2D eigenvalue weighted by Gasteiger charge is -2.06. The number of carboxylic acid groups (broad SMARTS) is 1. The number of carbonyl (C=O) groups is 2. The molecule has 5 nitrogen and oxygen atoms in total. The first-order chi connectivity index (χ1) is 7.08. The molecule has 5 heteroatoms. The molecule has 1 rings (SSSR count). The molecule has 0 saturated heterocycles. The monoisotopic (exact) mass is 206 g/mol. The zero-order valence-electron chi connectivity index (χ0n) is 7.64.